The highest BCUT2D eigenvalue weighted by atomic mass is 16.4. The highest BCUT2D eigenvalue weighted by Gasteiger charge is 2.02. The molecule has 0 aliphatic carbocycles. The highest BCUT2D eigenvalue weighted by molar-refractivity contribution is 5.95. The molecule has 19 heavy (non-hydrogen) atoms. The number of hydrogen-bond acceptors (Lipinski definition) is 4. The predicted octanol–water partition coefficient (Wildman–Crippen LogP) is 2.09. The third kappa shape index (κ3) is 6.20. The smallest absolute Gasteiger partial charge is 0.188 e. The maximum Gasteiger partial charge on any atom is 0.188 e. The van der Waals surface area contributed by atoms with Crippen molar-refractivity contribution in [3.63, 3.8) is 0 Å². The van der Waals surface area contributed by atoms with E-state index in [1.807, 2.05) is 12.1 Å². The number of amidine groups is 1. The molecule has 1 aromatic rings. The van der Waals surface area contributed by atoms with E-state index < -0.39 is 0 Å². The number of pyridine rings is 1. The maximum absolute atomic E-state index is 8.60. The lowest BCUT2D eigenvalue weighted by molar-refractivity contribution is 0.318. The van der Waals surface area contributed by atoms with Gasteiger partial charge in [0.2, 0.25) is 0 Å². The lowest BCUT2D eigenvalue weighted by Crippen LogP contribution is -2.18. The van der Waals surface area contributed by atoms with Crippen LogP contribution in [0.2, 0.25) is 0 Å². The number of hydrogen-bond donors (Lipinski definition) is 3. The fourth-order valence-electron chi connectivity index (χ4n) is 1.81. The van der Waals surface area contributed by atoms with E-state index in [0.717, 1.165) is 24.6 Å². The zero-order valence-corrected chi connectivity index (χ0v) is 11.8. The zero-order valence-electron chi connectivity index (χ0n) is 11.8. The molecule has 0 aliphatic rings. The van der Waals surface area contributed by atoms with Crippen LogP contribution in [0.3, 0.4) is 0 Å². The van der Waals surface area contributed by atoms with E-state index in [1.165, 1.54) is 19.3 Å². The minimum Gasteiger partial charge on any atom is -0.409 e. The van der Waals surface area contributed by atoms with Crippen LogP contribution in [0.4, 0.5) is 0 Å². The molecule has 5 nitrogen and oxygen atoms in total. The van der Waals surface area contributed by atoms with Crippen molar-refractivity contribution in [2.24, 2.45) is 16.8 Å². The molecular formula is C14H24N4O. The van der Waals surface area contributed by atoms with Crippen molar-refractivity contribution in [2.45, 2.75) is 39.7 Å². The summed E-state index contributed by atoms with van der Waals surface area (Å²) >= 11 is 0. The minimum atomic E-state index is 0.0405. The van der Waals surface area contributed by atoms with Crippen molar-refractivity contribution in [1.29, 1.82) is 0 Å². The Morgan fingerprint density at radius 2 is 2.26 bits per heavy atom. The van der Waals surface area contributed by atoms with Gasteiger partial charge >= 0.3 is 0 Å². The number of nitrogens with two attached hydrogens (primary N) is 1. The van der Waals surface area contributed by atoms with Crippen molar-refractivity contribution in [3.05, 3.63) is 29.6 Å². The molecule has 0 aromatic carbocycles. The fourth-order valence-corrected chi connectivity index (χ4v) is 1.81. The van der Waals surface area contributed by atoms with E-state index in [-0.39, 0.29) is 5.84 Å². The van der Waals surface area contributed by atoms with Crippen molar-refractivity contribution in [3.8, 4) is 0 Å². The largest absolute Gasteiger partial charge is 0.409 e. The predicted molar refractivity (Wildman–Crippen MR) is 77.1 cm³/mol. The van der Waals surface area contributed by atoms with E-state index in [2.05, 4.69) is 29.3 Å². The molecule has 5 heteroatoms. The lowest BCUT2D eigenvalue weighted by Gasteiger charge is -2.07. The Bertz CT molecular complexity index is 404. The first-order chi connectivity index (χ1) is 9.13. The van der Waals surface area contributed by atoms with Crippen LogP contribution in [0.1, 0.15) is 44.4 Å². The van der Waals surface area contributed by atoms with Crippen LogP contribution >= 0.6 is 0 Å². The van der Waals surface area contributed by atoms with Gasteiger partial charge in [0.05, 0.1) is 0 Å². The van der Waals surface area contributed by atoms with Gasteiger partial charge in [-0.25, -0.2) is 0 Å². The van der Waals surface area contributed by atoms with Crippen molar-refractivity contribution >= 4 is 5.84 Å². The van der Waals surface area contributed by atoms with E-state index in [9.17, 15) is 0 Å². The third-order valence-corrected chi connectivity index (χ3v) is 2.91. The van der Waals surface area contributed by atoms with Gasteiger partial charge in [-0.05, 0) is 36.6 Å². The number of unbranched alkanes of at least 4 members (excludes halogenated alkanes) is 1. The SMILES string of the molecule is CC(C)CCCCNCc1ccnc(/C(N)=N/O)c1. The number of nitrogens with one attached hydrogen (secondary N) is 1. The van der Waals surface area contributed by atoms with Gasteiger partial charge in [0.25, 0.3) is 0 Å². The van der Waals surface area contributed by atoms with Crippen LogP contribution in [0.25, 0.3) is 0 Å². The van der Waals surface area contributed by atoms with Crippen molar-refractivity contribution in [1.82, 2.24) is 10.3 Å². The second kappa shape index (κ2) is 8.48. The van der Waals surface area contributed by atoms with Gasteiger partial charge in [0.1, 0.15) is 5.69 Å². The molecule has 0 aliphatic heterocycles. The molecule has 1 rings (SSSR count). The summed E-state index contributed by atoms with van der Waals surface area (Å²) in [6.45, 7) is 6.28. The van der Waals surface area contributed by atoms with Crippen LogP contribution in [-0.4, -0.2) is 22.6 Å². The molecule has 0 saturated carbocycles. The molecule has 0 bridgehead atoms. The molecule has 0 amide bonds. The molecule has 0 unspecified atom stereocenters. The number of oxime groups is 1. The monoisotopic (exact) mass is 264 g/mol. The quantitative estimate of drug-likeness (QED) is 0.221. The number of nitrogens with zero attached hydrogens (tertiary/aromatic N) is 2. The second-order valence-corrected chi connectivity index (χ2v) is 5.10. The highest BCUT2D eigenvalue weighted by Crippen LogP contribution is 2.06. The number of aromatic nitrogens is 1. The normalized spacial score (nSPS) is 12.1. The second-order valence-electron chi connectivity index (χ2n) is 5.10. The Balaban J connectivity index is 2.30. The molecule has 106 valence electrons. The maximum atomic E-state index is 8.60. The summed E-state index contributed by atoms with van der Waals surface area (Å²) in [6, 6.07) is 3.76. The summed E-state index contributed by atoms with van der Waals surface area (Å²) < 4.78 is 0. The van der Waals surface area contributed by atoms with Crippen LogP contribution in [-0.2, 0) is 6.54 Å². The van der Waals surface area contributed by atoms with Crippen LogP contribution in [0, 0.1) is 5.92 Å². The first kappa shape index (κ1) is 15.4. The van der Waals surface area contributed by atoms with E-state index in [4.69, 9.17) is 10.9 Å². The van der Waals surface area contributed by atoms with Crippen LogP contribution in [0.5, 0.6) is 0 Å². The van der Waals surface area contributed by atoms with Crippen molar-refractivity contribution in [2.75, 3.05) is 6.54 Å². The van der Waals surface area contributed by atoms with Gasteiger partial charge in [-0.3, -0.25) is 4.98 Å². The van der Waals surface area contributed by atoms with E-state index in [1.54, 1.807) is 6.20 Å². The van der Waals surface area contributed by atoms with Gasteiger partial charge < -0.3 is 16.3 Å². The summed E-state index contributed by atoms with van der Waals surface area (Å²) in [5.41, 5.74) is 7.09. The molecule has 1 heterocycles. The molecule has 0 atom stereocenters. The fraction of sp³-hybridized carbons (Fsp3) is 0.571. The first-order valence-electron chi connectivity index (χ1n) is 6.77. The Kier molecular flexibility index (Phi) is 6.89. The van der Waals surface area contributed by atoms with Gasteiger partial charge in [-0.2, -0.15) is 0 Å². The molecule has 0 radical (unpaired) electrons. The molecule has 4 N–H and O–H groups in total. The lowest BCUT2D eigenvalue weighted by atomic mass is 10.1. The van der Waals surface area contributed by atoms with Crippen molar-refractivity contribution < 1.29 is 5.21 Å². The molecule has 0 spiro atoms. The Hall–Kier alpha value is -1.62. The molecule has 0 saturated heterocycles. The van der Waals surface area contributed by atoms with Crippen LogP contribution < -0.4 is 11.1 Å². The number of rotatable bonds is 8. The summed E-state index contributed by atoms with van der Waals surface area (Å²) in [5, 5.41) is 14.9. The van der Waals surface area contributed by atoms with Gasteiger partial charge in [-0.1, -0.05) is 31.8 Å². The Labute approximate surface area is 114 Å². The summed E-state index contributed by atoms with van der Waals surface area (Å²) in [6.07, 6.45) is 5.40. The van der Waals surface area contributed by atoms with E-state index >= 15 is 0 Å². The molecule has 0 fully saturated rings. The Morgan fingerprint density at radius 1 is 1.47 bits per heavy atom. The standard InChI is InChI=1S/C14H24N4O/c1-11(2)5-3-4-7-16-10-12-6-8-17-13(9-12)14(15)18-19/h6,8-9,11,16,19H,3-5,7,10H2,1-2H3,(H2,15,18). The van der Waals surface area contributed by atoms with Gasteiger partial charge in [0, 0.05) is 12.7 Å². The summed E-state index contributed by atoms with van der Waals surface area (Å²) in [4.78, 5) is 4.04. The molecule has 1 aromatic heterocycles. The van der Waals surface area contributed by atoms with E-state index in [0.29, 0.717) is 5.69 Å². The van der Waals surface area contributed by atoms with Gasteiger partial charge in [0.15, 0.2) is 5.84 Å². The topological polar surface area (TPSA) is 83.5 Å². The summed E-state index contributed by atoms with van der Waals surface area (Å²) in [5.74, 6) is 0.822. The van der Waals surface area contributed by atoms with Crippen LogP contribution in [0.15, 0.2) is 23.5 Å². The minimum absolute atomic E-state index is 0.0405. The molecular weight excluding hydrogens is 240 g/mol. The first-order valence-corrected chi connectivity index (χ1v) is 6.77. The average Bonchev–Trinajstić information content (AvgIpc) is 2.41. The Morgan fingerprint density at radius 3 is 2.95 bits per heavy atom. The summed E-state index contributed by atoms with van der Waals surface area (Å²) in [7, 11) is 0. The third-order valence-electron chi connectivity index (χ3n) is 2.91. The van der Waals surface area contributed by atoms with Gasteiger partial charge in [-0.15, -0.1) is 0 Å². The average molecular weight is 264 g/mol. The zero-order chi connectivity index (χ0) is 14.1.